The largest absolute Gasteiger partial charge is 0.455 e. The molecular formula is C10H11ClN4O2. The summed E-state index contributed by atoms with van der Waals surface area (Å²) in [6.07, 6.45) is -0.523. The molecule has 0 amide bonds. The first-order chi connectivity index (χ1) is 7.97. The molecule has 7 heteroatoms. The van der Waals surface area contributed by atoms with Crippen LogP contribution in [0.2, 0.25) is 5.15 Å². The second-order valence-electron chi connectivity index (χ2n) is 3.65. The van der Waals surface area contributed by atoms with Gasteiger partial charge in [0.05, 0.1) is 0 Å². The van der Waals surface area contributed by atoms with E-state index in [1.165, 1.54) is 11.4 Å². The number of carbonyl (C=O) groups is 1. The SMILES string of the molecule is CC(=O)OC(C)c1nc2nc(C)cc(Cl)n2n1. The zero-order chi connectivity index (χ0) is 12.6. The molecule has 0 saturated carbocycles. The van der Waals surface area contributed by atoms with Crippen LogP contribution in [0.25, 0.3) is 5.78 Å². The van der Waals surface area contributed by atoms with Crippen LogP contribution in [-0.2, 0) is 9.53 Å². The van der Waals surface area contributed by atoms with Gasteiger partial charge in [-0.05, 0) is 19.9 Å². The third-order valence-corrected chi connectivity index (χ3v) is 2.39. The van der Waals surface area contributed by atoms with Crippen molar-refractivity contribution in [3.63, 3.8) is 0 Å². The van der Waals surface area contributed by atoms with Crippen molar-refractivity contribution >= 4 is 23.3 Å². The predicted octanol–water partition coefficient (Wildman–Crippen LogP) is 1.71. The van der Waals surface area contributed by atoms with E-state index in [1.807, 2.05) is 6.92 Å². The van der Waals surface area contributed by atoms with E-state index < -0.39 is 6.10 Å². The van der Waals surface area contributed by atoms with Crippen LogP contribution in [0.1, 0.15) is 31.5 Å². The molecule has 0 N–H and O–H groups in total. The average Bonchev–Trinajstić information content (AvgIpc) is 2.60. The van der Waals surface area contributed by atoms with Crippen LogP contribution < -0.4 is 0 Å². The Hall–Kier alpha value is -1.69. The molecule has 0 fully saturated rings. The number of carbonyl (C=O) groups excluding carboxylic acids is 1. The lowest BCUT2D eigenvalue weighted by atomic mass is 10.4. The Labute approximate surface area is 103 Å². The first-order valence-electron chi connectivity index (χ1n) is 5.04. The highest BCUT2D eigenvalue weighted by Gasteiger charge is 2.16. The summed E-state index contributed by atoms with van der Waals surface area (Å²) < 4.78 is 6.39. The Bertz CT molecular complexity index is 581. The fraction of sp³-hybridized carbons (Fsp3) is 0.400. The van der Waals surface area contributed by atoms with Gasteiger partial charge < -0.3 is 4.74 Å². The molecule has 0 aromatic carbocycles. The molecule has 2 rings (SSSR count). The Balaban J connectivity index is 2.44. The molecule has 0 aliphatic rings. The molecule has 6 nitrogen and oxygen atoms in total. The quantitative estimate of drug-likeness (QED) is 0.603. The highest BCUT2D eigenvalue weighted by Crippen LogP contribution is 2.16. The van der Waals surface area contributed by atoms with E-state index in [0.29, 0.717) is 16.8 Å². The Morgan fingerprint density at radius 3 is 2.88 bits per heavy atom. The van der Waals surface area contributed by atoms with E-state index >= 15 is 0 Å². The smallest absolute Gasteiger partial charge is 0.303 e. The van der Waals surface area contributed by atoms with Gasteiger partial charge in [-0.1, -0.05) is 11.6 Å². The van der Waals surface area contributed by atoms with Gasteiger partial charge in [-0.3, -0.25) is 4.79 Å². The minimum Gasteiger partial charge on any atom is -0.455 e. The van der Waals surface area contributed by atoms with Crippen molar-refractivity contribution in [1.29, 1.82) is 0 Å². The molecule has 0 saturated heterocycles. The van der Waals surface area contributed by atoms with E-state index in [4.69, 9.17) is 16.3 Å². The number of aryl methyl sites for hydroxylation is 1. The van der Waals surface area contributed by atoms with Gasteiger partial charge in [0.1, 0.15) is 5.15 Å². The van der Waals surface area contributed by atoms with E-state index in [1.54, 1.807) is 13.0 Å². The normalized spacial score (nSPS) is 12.7. The van der Waals surface area contributed by atoms with Gasteiger partial charge in [0, 0.05) is 12.6 Å². The highest BCUT2D eigenvalue weighted by molar-refractivity contribution is 6.29. The summed E-state index contributed by atoms with van der Waals surface area (Å²) in [5.41, 5.74) is 0.751. The van der Waals surface area contributed by atoms with Crippen LogP contribution in [0.4, 0.5) is 0 Å². The van der Waals surface area contributed by atoms with Crippen LogP contribution in [0.5, 0.6) is 0 Å². The number of fused-ring (bicyclic) bond motifs is 1. The number of hydrogen-bond acceptors (Lipinski definition) is 5. The molecule has 2 aromatic heterocycles. The molecule has 0 aliphatic heterocycles. The first-order valence-corrected chi connectivity index (χ1v) is 5.42. The number of nitrogens with zero attached hydrogens (tertiary/aromatic N) is 4. The van der Waals surface area contributed by atoms with Gasteiger partial charge in [-0.2, -0.15) is 9.50 Å². The molecule has 0 bridgehead atoms. The molecule has 0 spiro atoms. The Morgan fingerprint density at radius 2 is 2.24 bits per heavy atom. The lowest BCUT2D eigenvalue weighted by Crippen LogP contribution is -2.06. The second-order valence-corrected chi connectivity index (χ2v) is 4.04. The number of halogens is 1. The number of esters is 1. The lowest BCUT2D eigenvalue weighted by Gasteiger charge is -2.06. The van der Waals surface area contributed by atoms with Crippen molar-refractivity contribution in [3.8, 4) is 0 Å². The summed E-state index contributed by atoms with van der Waals surface area (Å²) in [7, 11) is 0. The van der Waals surface area contributed by atoms with Gasteiger partial charge in [0.15, 0.2) is 11.9 Å². The van der Waals surface area contributed by atoms with Crippen molar-refractivity contribution in [1.82, 2.24) is 19.6 Å². The molecule has 90 valence electrons. The summed E-state index contributed by atoms with van der Waals surface area (Å²) in [5, 5.41) is 4.56. The maximum atomic E-state index is 10.8. The third kappa shape index (κ3) is 2.36. The van der Waals surface area contributed by atoms with Gasteiger partial charge >= 0.3 is 5.97 Å². The standard InChI is InChI=1S/C10H11ClN4O2/c1-5-4-8(11)15-10(12-5)13-9(14-15)6(2)17-7(3)16/h4,6H,1-3H3. The van der Waals surface area contributed by atoms with Gasteiger partial charge in [0.2, 0.25) is 0 Å². The molecular weight excluding hydrogens is 244 g/mol. The minimum atomic E-state index is -0.523. The Kier molecular flexibility index (Phi) is 2.97. The van der Waals surface area contributed by atoms with Crippen LogP contribution in [0.15, 0.2) is 6.07 Å². The molecule has 1 atom stereocenters. The number of hydrogen-bond donors (Lipinski definition) is 0. The zero-order valence-electron chi connectivity index (χ0n) is 9.64. The summed E-state index contributed by atoms with van der Waals surface area (Å²) in [6.45, 7) is 4.84. The topological polar surface area (TPSA) is 69.4 Å². The van der Waals surface area contributed by atoms with Crippen molar-refractivity contribution in [2.24, 2.45) is 0 Å². The summed E-state index contributed by atoms with van der Waals surface area (Å²) >= 11 is 6.00. The van der Waals surface area contributed by atoms with Crippen molar-refractivity contribution in [2.45, 2.75) is 26.9 Å². The lowest BCUT2D eigenvalue weighted by molar-refractivity contribution is -0.146. The molecule has 17 heavy (non-hydrogen) atoms. The van der Waals surface area contributed by atoms with E-state index in [2.05, 4.69) is 15.1 Å². The van der Waals surface area contributed by atoms with Crippen LogP contribution in [0.3, 0.4) is 0 Å². The van der Waals surface area contributed by atoms with Crippen LogP contribution in [-0.4, -0.2) is 25.6 Å². The van der Waals surface area contributed by atoms with Gasteiger partial charge in [-0.15, -0.1) is 5.10 Å². The van der Waals surface area contributed by atoms with Crippen molar-refractivity contribution < 1.29 is 9.53 Å². The van der Waals surface area contributed by atoms with Crippen molar-refractivity contribution in [2.75, 3.05) is 0 Å². The third-order valence-electron chi connectivity index (χ3n) is 2.12. The second kappa shape index (κ2) is 4.29. The first kappa shape index (κ1) is 11.8. The summed E-state index contributed by atoms with van der Waals surface area (Å²) in [4.78, 5) is 19.2. The van der Waals surface area contributed by atoms with E-state index in [9.17, 15) is 4.79 Å². The van der Waals surface area contributed by atoms with E-state index in [-0.39, 0.29) is 5.97 Å². The van der Waals surface area contributed by atoms with Crippen LogP contribution >= 0.6 is 11.6 Å². The molecule has 2 aromatic rings. The molecule has 0 radical (unpaired) electrons. The summed E-state index contributed by atoms with van der Waals surface area (Å²) in [6, 6.07) is 1.68. The fourth-order valence-electron chi connectivity index (χ4n) is 1.43. The minimum absolute atomic E-state index is 0.375. The maximum absolute atomic E-state index is 10.8. The molecule has 2 heterocycles. The number of rotatable bonds is 2. The average molecular weight is 255 g/mol. The number of ether oxygens (including phenoxy) is 1. The fourth-order valence-corrected chi connectivity index (χ4v) is 1.70. The Morgan fingerprint density at radius 1 is 1.53 bits per heavy atom. The summed E-state index contributed by atoms with van der Waals surface area (Å²) in [5.74, 6) is 0.385. The van der Waals surface area contributed by atoms with Gasteiger partial charge in [-0.25, -0.2) is 4.98 Å². The van der Waals surface area contributed by atoms with Crippen LogP contribution in [0, 0.1) is 6.92 Å². The zero-order valence-corrected chi connectivity index (χ0v) is 10.4. The molecule has 0 aliphatic carbocycles. The molecule has 1 unspecified atom stereocenters. The monoisotopic (exact) mass is 254 g/mol. The maximum Gasteiger partial charge on any atom is 0.303 e. The van der Waals surface area contributed by atoms with Gasteiger partial charge in [0.25, 0.3) is 5.78 Å². The van der Waals surface area contributed by atoms with Crippen molar-refractivity contribution in [3.05, 3.63) is 22.7 Å². The van der Waals surface area contributed by atoms with E-state index in [0.717, 1.165) is 5.69 Å². The predicted molar refractivity (Wildman–Crippen MR) is 60.7 cm³/mol. The highest BCUT2D eigenvalue weighted by atomic mass is 35.5. The number of aromatic nitrogens is 4.